The molecule has 1 saturated heterocycles. The lowest BCUT2D eigenvalue weighted by Gasteiger charge is -2.37. The maximum atomic E-state index is 13.7. The quantitative estimate of drug-likeness (QED) is 0.858. The summed E-state index contributed by atoms with van der Waals surface area (Å²) in [6, 6.07) is 3.76. The molecule has 0 spiro atoms. The van der Waals surface area contributed by atoms with Crippen molar-refractivity contribution in [2.45, 2.75) is 32.4 Å². The topological polar surface area (TPSA) is 43.8 Å². The standard InChI is InChI=1S/C16H22F2N2O2.ClH/c1-2-20(11-16(21)22)14-5-7-19(8-6-14)10-12-9-13(17)3-4-15(12)18;/h3-4,9,14H,2,5-8,10-11H2,1H3,(H,21,22);1H. The summed E-state index contributed by atoms with van der Waals surface area (Å²) < 4.78 is 26.8. The second-order valence-corrected chi connectivity index (χ2v) is 5.70. The summed E-state index contributed by atoms with van der Waals surface area (Å²) in [6.07, 6.45) is 1.69. The van der Waals surface area contributed by atoms with Gasteiger partial charge >= 0.3 is 5.97 Å². The van der Waals surface area contributed by atoms with Gasteiger partial charge in [0.2, 0.25) is 0 Å². The third-order valence-electron chi connectivity index (χ3n) is 4.22. The second-order valence-electron chi connectivity index (χ2n) is 5.70. The zero-order chi connectivity index (χ0) is 16.1. The van der Waals surface area contributed by atoms with Crippen LogP contribution in [-0.2, 0) is 11.3 Å². The van der Waals surface area contributed by atoms with Gasteiger partial charge in [0.15, 0.2) is 0 Å². The largest absolute Gasteiger partial charge is 0.480 e. The number of piperidine rings is 1. The lowest BCUT2D eigenvalue weighted by molar-refractivity contribution is -0.139. The van der Waals surface area contributed by atoms with Crippen molar-refractivity contribution in [1.29, 1.82) is 0 Å². The minimum atomic E-state index is -0.814. The highest BCUT2D eigenvalue weighted by molar-refractivity contribution is 5.85. The summed E-state index contributed by atoms with van der Waals surface area (Å²) in [5.41, 5.74) is 0.372. The molecule has 130 valence electrons. The van der Waals surface area contributed by atoms with E-state index < -0.39 is 11.8 Å². The number of hydrogen-bond acceptors (Lipinski definition) is 3. The van der Waals surface area contributed by atoms with Crippen LogP contribution in [0.3, 0.4) is 0 Å². The average molecular weight is 349 g/mol. The number of aliphatic carboxylic acids is 1. The van der Waals surface area contributed by atoms with Gasteiger partial charge in [0, 0.05) is 18.2 Å². The van der Waals surface area contributed by atoms with Crippen LogP contribution >= 0.6 is 12.4 Å². The average Bonchev–Trinajstić information content (AvgIpc) is 2.49. The van der Waals surface area contributed by atoms with Crippen molar-refractivity contribution < 1.29 is 18.7 Å². The molecule has 2 rings (SSSR count). The van der Waals surface area contributed by atoms with E-state index in [1.807, 2.05) is 11.8 Å². The molecule has 4 nitrogen and oxygen atoms in total. The first kappa shape index (κ1) is 19.8. The normalized spacial score (nSPS) is 16.3. The zero-order valence-corrected chi connectivity index (χ0v) is 14.0. The van der Waals surface area contributed by atoms with Crippen LogP contribution in [0.15, 0.2) is 18.2 Å². The molecule has 0 aromatic heterocycles. The third kappa shape index (κ3) is 5.71. The summed E-state index contributed by atoms with van der Waals surface area (Å²) >= 11 is 0. The van der Waals surface area contributed by atoms with E-state index in [4.69, 9.17) is 5.11 Å². The molecule has 0 atom stereocenters. The van der Waals surface area contributed by atoms with E-state index in [1.54, 1.807) is 0 Å². The van der Waals surface area contributed by atoms with Gasteiger partial charge in [-0.1, -0.05) is 6.92 Å². The van der Waals surface area contributed by atoms with Crippen LogP contribution in [0.25, 0.3) is 0 Å². The number of carboxylic acids is 1. The molecule has 1 aliphatic rings. The van der Waals surface area contributed by atoms with Crippen LogP contribution in [-0.4, -0.2) is 53.1 Å². The van der Waals surface area contributed by atoms with Gasteiger partial charge in [-0.05, 0) is 50.7 Å². The summed E-state index contributed by atoms with van der Waals surface area (Å²) in [5, 5.41) is 8.92. The number of carboxylic acid groups (broad SMARTS) is 1. The Balaban J connectivity index is 0.00000264. The summed E-state index contributed by atoms with van der Waals surface area (Å²) in [5.74, 6) is -1.62. The predicted octanol–water partition coefficient (Wildman–Crippen LogP) is 2.76. The highest BCUT2D eigenvalue weighted by atomic mass is 35.5. The zero-order valence-electron chi connectivity index (χ0n) is 13.2. The molecule has 0 saturated carbocycles. The molecule has 1 aromatic carbocycles. The summed E-state index contributed by atoms with van der Waals surface area (Å²) in [6.45, 7) is 4.63. The van der Waals surface area contributed by atoms with Gasteiger partial charge in [-0.25, -0.2) is 8.78 Å². The van der Waals surface area contributed by atoms with E-state index in [2.05, 4.69) is 4.90 Å². The van der Waals surface area contributed by atoms with E-state index in [-0.39, 0.29) is 30.8 Å². The third-order valence-corrected chi connectivity index (χ3v) is 4.22. The second kappa shape index (κ2) is 9.15. The maximum Gasteiger partial charge on any atom is 0.317 e. The van der Waals surface area contributed by atoms with Crippen LogP contribution in [0.2, 0.25) is 0 Å². The van der Waals surface area contributed by atoms with Crippen LogP contribution in [0.1, 0.15) is 25.3 Å². The fourth-order valence-electron chi connectivity index (χ4n) is 3.02. The van der Waals surface area contributed by atoms with Crippen LogP contribution in [0.4, 0.5) is 8.78 Å². The fourth-order valence-corrected chi connectivity index (χ4v) is 3.02. The van der Waals surface area contributed by atoms with Crippen molar-refractivity contribution in [3.05, 3.63) is 35.4 Å². The Hall–Kier alpha value is -1.24. The number of hydrogen-bond donors (Lipinski definition) is 1. The number of nitrogens with zero attached hydrogens (tertiary/aromatic N) is 2. The molecule has 1 heterocycles. The molecular formula is C16H23ClF2N2O2. The van der Waals surface area contributed by atoms with Crippen molar-refractivity contribution in [3.63, 3.8) is 0 Å². The maximum absolute atomic E-state index is 13.7. The molecular weight excluding hydrogens is 326 g/mol. The first-order valence-corrected chi connectivity index (χ1v) is 7.61. The lowest BCUT2D eigenvalue weighted by Crippen LogP contribution is -2.46. The van der Waals surface area contributed by atoms with E-state index >= 15 is 0 Å². The van der Waals surface area contributed by atoms with E-state index in [1.165, 1.54) is 6.07 Å². The molecule has 0 aliphatic carbocycles. The highest BCUT2D eigenvalue weighted by Gasteiger charge is 2.25. The molecule has 23 heavy (non-hydrogen) atoms. The van der Waals surface area contributed by atoms with Gasteiger partial charge < -0.3 is 5.11 Å². The molecule has 1 N–H and O–H groups in total. The minimum Gasteiger partial charge on any atom is -0.480 e. The van der Waals surface area contributed by atoms with Gasteiger partial charge in [0.05, 0.1) is 6.54 Å². The van der Waals surface area contributed by atoms with Gasteiger partial charge in [0.25, 0.3) is 0 Å². The fraction of sp³-hybridized carbons (Fsp3) is 0.562. The molecule has 7 heteroatoms. The molecule has 0 unspecified atom stereocenters. The number of likely N-dealkylation sites (tertiary alicyclic amines) is 1. The van der Waals surface area contributed by atoms with Crippen LogP contribution in [0.5, 0.6) is 0 Å². The summed E-state index contributed by atoms with van der Waals surface area (Å²) in [4.78, 5) is 14.9. The summed E-state index contributed by atoms with van der Waals surface area (Å²) in [7, 11) is 0. The van der Waals surface area contributed by atoms with Gasteiger partial charge in [-0.15, -0.1) is 12.4 Å². The van der Waals surface area contributed by atoms with Crippen LogP contribution < -0.4 is 0 Å². The van der Waals surface area contributed by atoms with E-state index in [9.17, 15) is 13.6 Å². The Bertz CT molecular complexity index is 523. The molecule has 0 radical (unpaired) electrons. The van der Waals surface area contributed by atoms with Crippen molar-refractivity contribution in [1.82, 2.24) is 9.80 Å². The number of benzene rings is 1. The number of rotatable bonds is 6. The Morgan fingerprint density at radius 3 is 2.57 bits per heavy atom. The number of likely N-dealkylation sites (N-methyl/N-ethyl adjacent to an activating group) is 1. The predicted molar refractivity (Wildman–Crippen MR) is 86.8 cm³/mol. The van der Waals surface area contributed by atoms with Crippen molar-refractivity contribution in [2.24, 2.45) is 0 Å². The number of halogens is 3. The Morgan fingerprint density at radius 2 is 2.00 bits per heavy atom. The first-order valence-electron chi connectivity index (χ1n) is 7.61. The monoisotopic (exact) mass is 348 g/mol. The molecule has 0 bridgehead atoms. The van der Waals surface area contributed by atoms with Crippen molar-refractivity contribution in [3.8, 4) is 0 Å². The molecule has 1 fully saturated rings. The Labute approximate surface area is 141 Å². The Kier molecular flexibility index (Phi) is 7.88. The van der Waals surface area contributed by atoms with E-state index in [0.717, 1.165) is 38.1 Å². The molecule has 0 amide bonds. The van der Waals surface area contributed by atoms with Gasteiger partial charge in [-0.2, -0.15) is 0 Å². The molecule has 1 aromatic rings. The molecule has 1 aliphatic heterocycles. The minimum absolute atomic E-state index is 0. The van der Waals surface area contributed by atoms with Crippen LogP contribution in [0, 0.1) is 11.6 Å². The van der Waals surface area contributed by atoms with E-state index in [0.29, 0.717) is 18.7 Å². The Morgan fingerprint density at radius 1 is 1.35 bits per heavy atom. The van der Waals surface area contributed by atoms with Crippen molar-refractivity contribution in [2.75, 3.05) is 26.2 Å². The van der Waals surface area contributed by atoms with Gasteiger partial charge in [-0.3, -0.25) is 14.6 Å². The van der Waals surface area contributed by atoms with Gasteiger partial charge in [0.1, 0.15) is 11.6 Å². The number of carbonyl (C=O) groups is 1. The first-order chi connectivity index (χ1) is 10.5. The SMILES string of the molecule is CCN(CC(=O)O)C1CCN(Cc2cc(F)ccc2F)CC1.Cl. The van der Waals surface area contributed by atoms with Crippen molar-refractivity contribution >= 4 is 18.4 Å². The smallest absolute Gasteiger partial charge is 0.317 e. The lowest BCUT2D eigenvalue weighted by atomic mass is 10.0. The highest BCUT2D eigenvalue weighted by Crippen LogP contribution is 2.20.